The van der Waals surface area contributed by atoms with Crippen LogP contribution in [-0.2, 0) is 27.3 Å². The summed E-state index contributed by atoms with van der Waals surface area (Å²) < 4.78 is 10.9. The Kier molecular flexibility index (Phi) is 6.48. The molecule has 0 aliphatic carbocycles. The minimum absolute atomic E-state index is 0.100. The average Bonchev–Trinajstić information content (AvgIpc) is 3.24. The first kappa shape index (κ1) is 20.9. The van der Waals surface area contributed by atoms with Crippen LogP contribution in [0.3, 0.4) is 0 Å². The van der Waals surface area contributed by atoms with Crippen LogP contribution >= 0.6 is 0 Å². The van der Waals surface area contributed by atoms with E-state index in [9.17, 15) is 9.59 Å². The molecule has 3 heterocycles. The van der Waals surface area contributed by atoms with Gasteiger partial charge in [-0.15, -0.1) is 0 Å². The molecule has 6 heteroatoms. The lowest BCUT2D eigenvalue weighted by atomic mass is 9.76. The van der Waals surface area contributed by atoms with Gasteiger partial charge in [-0.05, 0) is 37.3 Å². The minimum Gasteiger partial charge on any atom is -0.469 e. The molecule has 1 aromatic heterocycles. The number of likely N-dealkylation sites (tertiary alicyclic amines) is 2. The van der Waals surface area contributed by atoms with Gasteiger partial charge in [-0.1, -0.05) is 20.8 Å². The number of hydrogen-bond donors (Lipinski definition) is 0. The molecule has 1 aromatic rings. The van der Waals surface area contributed by atoms with Crippen LogP contribution in [0, 0.1) is 11.8 Å². The van der Waals surface area contributed by atoms with Crippen LogP contribution in [0.5, 0.6) is 0 Å². The SMILES string of the molecule is CCc1ccc(CN2CCC3(CC2)C(C(=O)OC)CC(=O)N3CCC(C)C)o1. The van der Waals surface area contributed by atoms with Crippen molar-refractivity contribution in [3.63, 3.8) is 0 Å². The highest BCUT2D eigenvalue weighted by Crippen LogP contribution is 2.44. The monoisotopic (exact) mass is 390 g/mol. The largest absolute Gasteiger partial charge is 0.469 e. The van der Waals surface area contributed by atoms with Gasteiger partial charge in [0.1, 0.15) is 11.5 Å². The number of rotatable bonds is 7. The van der Waals surface area contributed by atoms with Crippen LogP contribution < -0.4 is 0 Å². The molecule has 2 aliphatic rings. The summed E-state index contributed by atoms with van der Waals surface area (Å²) in [6.45, 7) is 9.62. The third kappa shape index (κ3) is 4.12. The predicted molar refractivity (Wildman–Crippen MR) is 107 cm³/mol. The highest BCUT2D eigenvalue weighted by atomic mass is 16.5. The number of hydrogen-bond acceptors (Lipinski definition) is 5. The van der Waals surface area contributed by atoms with Gasteiger partial charge in [-0.2, -0.15) is 0 Å². The Morgan fingerprint density at radius 3 is 2.54 bits per heavy atom. The molecule has 6 nitrogen and oxygen atoms in total. The van der Waals surface area contributed by atoms with Crippen molar-refractivity contribution in [1.82, 2.24) is 9.80 Å². The van der Waals surface area contributed by atoms with E-state index in [4.69, 9.17) is 9.15 Å². The molecule has 2 fully saturated rings. The molecule has 1 unspecified atom stereocenters. The number of carbonyl (C=O) groups is 2. The highest BCUT2D eigenvalue weighted by Gasteiger charge is 2.56. The molecule has 1 amide bonds. The Bertz CT molecular complexity index is 688. The Hall–Kier alpha value is -1.82. The van der Waals surface area contributed by atoms with Crippen molar-refractivity contribution in [2.75, 3.05) is 26.7 Å². The smallest absolute Gasteiger partial charge is 0.311 e. The first-order valence-corrected chi connectivity index (χ1v) is 10.6. The third-order valence-corrected chi connectivity index (χ3v) is 6.45. The summed E-state index contributed by atoms with van der Waals surface area (Å²) in [5, 5.41) is 0. The number of amides is 1. The molecule has 2 saturated heterocycles. The number of methoxy groups -OCH3 is 1. The van der Waals surface area contributed by atoms with Crippen molar-refractivity contribution in [3.8, 4) is 0 Å². The zero-order chi connectivity index (χ0) is 20.3. The summed E-state index contributed by atoms with van der Waals surface area (Å²) in [5.74, 6) is 2.02. The molecule has 3 rings (SSSR count). The van der Waals surface area contributed by atoms with Gasteiger partial charge in [0.05, 0.1) is 25.1 Å². The first-order valence-electron chi connectivity index (χ1n) is 10.6. The second-order valence-electron chi connectivity index (χ2n) is 8.61. The van der Waals surface area contributed by atoms with Gasteiger partial charge in [0.2, 0.25) is 5.91 Å². The molecule has 2 aliphatic heterocycles. The van der Waals surface area contributed by atoms with Crippen molar-refractivity contribution in [1.29, 1.82) is 0 Å². The molecule has 0 aromatic carbocycles. The topological polar surface area (TPSA) is 63.0 Å². The van der Waals surface area contributed by atoms with Crippen LogP contribution in [0.15, 0.2) is 16.5 Å². The lowest BCUT2D eigenvalue weighted by molar-refractivity contribution is -0.150. The van der Waals surface area contributed by atoms with Gasteiger partial charge in [0, 0.05) is 32.5 Å². The standard InChI is InChI=1S/C22H34N2O4/c1-5-17-6-7-18(28-17)15-23-12-9-22(10-13-23)19(21(26)27-4)14-20(25)24(22)11-8-16(2)3/h6-7,16,19H,5,8-15H2,1-4H3. The minimum atomic E-state index is -0.396. The zero-order valence-electron chi connectivity index (χ0n) is 17.7. The van der Waals surface area contributed by atoms with E-state index in [2.05, 4.69) is 31.7 Å². The number of ether oxygens (including phenoxy) is 1. The number of aryl methyl sites for hydroxylation is 1. The molecule has 0 bridgehead atoms. The van der Waals surface area contributed by atoms with Gasteiger partial charge in [-0.25, -0.2) is 0 Å². The van der Waals surface area contributed by atoms with Crippen molar-refractivity contribution in [2.24, 2.45) is 11.8 Å². The van der Waals surface area contributed by atoms with E-state index in [-0.39, 0.29) is 24.2 Å². The van der Waals surface area contributed by atoms with Crippen molar-refractivity contribution in [2.45, 2.75) is 65.0 Å². The van der Waals surface area contributed by atoms with E-state index < -0.39 is 5.54 Å². The van der Waals surface area contributed by atoms with Crippen molar-refractivity contribution >= 4 is 11.9 Å². The summed E-state index contributed by atoms with van der Waals surface area (Å²) >= 11 is 0. The highest BCUT2D eigenvalue weighted by molar-refractivity contribution is 5.89. The molecular weight excluding hydrogens is 356 g/mol. The number of furan rings is 1. The Morgan fingerprint density at radius 2 is 1.96 bits per heavy atom. The molecule has 0 saturated carbocycles. The number of piperidine rings is 1. The second-order valence-corrected chi connectivity index (χ2v) is 8.61. The summed E-state index contributed by atoms with van der Waals surface area (Å²) in [6.07, 6.45) is 3.74. The summed E-state index contributed by atoms with van der Waals surface area (Å²) in [4.78, 5) is 29.7. The van der Waals surface area contributed by atoms with E-state index in [1.54, 1.807) is 0 Å². The molecule has 1 spiro atoms. The van der Waals surface area contributed by atoms with Crippen LogP contribution in [0.1, 0.15) is 58.0 Å². The van der Waals surface area contributed by atoms with Gasteiger partial charge in [0.25, 0.3) is 0 Å². The maximum absolute atomic E-state index is 12.8. The third-order valence-electron chi connectivity index (χ3n) is 6.45. The fourth-order valence-electron chi connectivity index (χ4n) is 4.73. The second kappa shape index (κ2) is 8.68. The Labute approximate surface area is 168 Å². The van der Waals surface area contributed by atoms with E-state index in [1.807, 2.05) is 11.0 Å². The van der Waals surface area contributed by atoms with E-state index in [1.165, 1.54) is 7.11 Å². The summed E-state index contributed by atoms with van der Waals surface area (Å²) in [5.41, 5.74) is -0.396. The van der Waals surface area contributed by atoms with Crippen molar-refractivity contribution in [3.05, 3.63) is 23.7 Å². The quantitative estimate of drug-likeness (QED) is 0.669. The van der Waals surface area contributed by atoms with Gasteiger partial charge < -0.3 is 14.1 Å². The van der Waals surface area contributed by atoms with Crippen molar-refractivity contribution < 1.29 is 18.7 Å². The molecule has 0 N–H and O–H groups in total. The maximum Gasteiger partial charge on any atom is 0.311 e. The Morgan fingerprint density at radius 1 is 1.29 bits per heavy atom. The fourth-order valence-corrected chi connectivity index (χ4v) is 4.73. The van der Waals surface area contributed by atoms with Gasteiger partial charge >= 0.3 is 5.97 Å². The zero-order valence-corrected chi connectivity index (χ0v) is 17.7. The van der Waals surface area contributed by atoms with E-state index in [0.717, 1.165) is 63.4 Å². The lowest BCUT2D eigenvalue weighted by Gasteiger charge is -2.47. The maximum atomic E-state index is 12.8. The van der Waals surface area contributed by atoms with E-state index >= 15 is 0 Å². The summed E-state index contributed by atoms with van der Waals surface area (Å²) in [7, 11) is 1.43. The first-order chi connectivity index (χ1) is 13.4. The van der Waals surface area contributed by atoms with Crippen LogP contribution in [0.4, 0.5) is 0 Å². The molecular formula is C22H34N2O4. The normalized spacial score (nSPS) is 22.4. The molecule has 0 radical (unpaired) electrons. The number of nitrogens with zero attached hydrogens (tertiary/aromatic N) is 2. The summed E-state index contributed by atoms with van der Waals surface area (Å²) in [6, 6.07) is 4.09. The number of carbonyl (C=O) groups excluding carboxylic acids is 2. The Balaban J connectivity index is 1.72. The molecule has 1 atom stereocenters. The van der Waals surface area contributed by atoms with Crippen LogP contribution in [0.25, 0.3) is 0 Å². The number of esters is 1. The lowest BCUT2D eigenvalue weighted by Crippen LogP contribution is -2.57. The average molecular weight is 391 g/mol. The molecule has 156 valence electrons. The van der Waals surface area contributed by atoms with Gasteiger partial charge in [-0.3, -0.25) is 14.5 Å². The molecule has 28 heavy (non-hydrogen) atoms. The predicted octanol–water partition coefficient (Wildman–Crippen LogP) is 3.24. The van der Waals surface area contributed by atoms with Crippen LogP contribution in [-0.4, -0.2) is 54.0 Å². The fraction of sp³-hybridized carbons (Fsp3) is 0.727. The van der Waals surface area contributed by atoms with Crippen LogP contribution in [0.2, 0.25) is 0 Å². The van der Waals surface area contributed by atoms with Gasteiger partial charge in [0.15, 0.2) is 0 Å². The van der Waals surface area contributed by atoms with E-state index in [0.29, 0.717) is 5.92 Å².